The van der Waals surface area contributed by atoms with Crippen molar-refractivity contribution in [1.82, 2.24) is 10.2 Å². The number of nitrogens with one attached hydrogen (secondary N) is 1. The maximum absolute atomic E-state index is 11.9. The van der Waals surface area contributed by atoms with Crippen molar-refractivity contribution in [3.8, 4) is 0 Å². The lowest BCUT2D eigenvalue weighted by atomic mass is 10.2. The number of hydrogen-bond donors (Lipinski definition) is 3. The Morgan fingerprint density at radius 2 is 1.94 bits per heavy atom. The molecule has 6 heteroatoms. The van der Waals surface area contributed by atoms with Crippen molar-refractivity contribution < 1.29 is 19.8 Å². The number of carboxylic acids is 1. The van der Waals surface area contributed by atoms with Crippen molar-refractivity contribution in [3.63, 3.8) is 0 Å². The van der Waals surface area contributed by atoms with Gasteiger partial charge in [-0.1, -0.05) is 0 Å². The van der Waals surface area contributed by atoms with Crippen molar-refractivity contribution in [2.24, 2.45) is 5.92 Å². The SMILES string of the molecule is O=C(O)[C@@H](O)CCNC(=O)N(CC1CC1)C1CC1. The van der Waals surface area contributed by atoms with Gasteiger partial charge in [0.1, 0.15) is 0 Å². The van der Waals surface area contributed by atoms with Crippen LogP contribution in [0, 0.1) is 5.92 Å². The molecule has 0 radical (unpaired) electrons. The van der Waals surface area contributed by atoms with Gasteiger partial charge in [-0.25, -0.2) is 9.59 Å². The topological polar surface area (TPSA) is 89.9 Å². The predicted octanol–water partition coefficient (Wildman–Crippen LogP) is 0.406. The summed E-state index contributed by atoms with van der Waals surface area (Å²) in [6.07, 6.45) is 3.18. The molecule has 0 saturated heterocycles. The van der Waals surface area contributed by atoms with E-state index in [1.807, 2.05) is 4.90 Å². The summed E-state index contributed by atoms with van der Waals surface area (Å²) in [6.45, 7) is 1.01. The molecule has 0 spiro atoms. The van der Waals surface area contributed by atoms with Crippen LogP contribution >= 0.6 is 0 Å². The fourth-order valence-electron chi connectivity index (χ4n) is 1.90. The second kappa shape index (κ2) is 5.56. The second-order valence-electron chi connectivity index (χ2n) is 5.20. The van der Waals surface area contributed by atoms with Crippen molar-refractivity contribution >= 4 is 12.0 Å². The number of carboxylic acid groups (broad SMARTS) is 1. The Bertz CT molecular complexity index is 326. The molecule has 0 aromatic carbocycles. The van der Waals surface area contributed by atoms with Crippen LogP contribution in [0.2, 0.25) is 0 Å². The van der Waals surface area contributed by atoms with E-state index in [4.69, 9.17) is 10.2 Å². The van der Waals surface area contributed by atoms with E-state index >= 15 is 0 Å². The lowest BCUT2D eigenvalue weighted by Crippen LogP contribution is -2.43. The van der Waals surface area contributed by atoms with Crippen LogP contribution in [0.1, 0.15) is 32.1 Å². The molecule has 2 fully saturated rings. The van der Waals surface area contributed by atoms with E-state index in [1.54, 1.807) is 0 Å². The van der Waals surface area contributed by atoms with E-state index in [0.29, 0.717) is 12.0 Å². The average molecular weight is 256 g/mol. The van der Waals surface area contributed by atoms with Gasteiger partial charge in [0.05, 0.1) is 0 Å². The quantitative estimate of drug-likeness (QED) is 0.615. The number of nitrogens with zero attached hydrogens (tertiary/aromatic N) is 1. The first-order valence-electron chi connectivity index (χ1n) is 6.53. The summed E-state index contributed by atoms with van der Waals surface area (Å²) >= 11 is 0. The number of aliphatic hydroxyl groups excluding tert-OH is 1. The second-order valence-corrected chi connectivity index (χ2v) is 5.20. The standard InChI is InChI=1S/C12H20N2O4/c15-10(11(16)17)5-6-13-12(18)14(9-3-4-9)7-8-1-2-8/h8-10,15H,1-7H2,(H,13,18)(H,16,17)/t10-/m0/s1. The zero-order valence-electron chi connectivity index (χ0n) is 10.3. The van der Waals surface area contributed by atoms with Crippen LogP contribution in [-0.2, 0) is 4.79 Å². The molecule has 6 nitrogen and oxygen atoms in total. The van der Waals surface area contributed by atoms with E-state index < -0.39 is 12.1 Å². The van der Waals surface area contributed by atoms with E-state index in [1.165, 1.54) is 12.8 Å². The molecule has 0 bridgehead atoms. The van der Waals surface area contributed by atoms with Crippen LogP contribution in [-0.4, -0.2) is 52.3 Å². The fraction of sp³-hybridized carbons (Fsp3) is 0.833. The van der Waals surface area contributed by atoms with Crippen LogP contribution < -0.4 is 5.32 Å². The van der Waals surface area contributed by atoms with Gasteiger partial charge in [0, 0.05) is 25.6 Å². The van der Waals surface area contributed by atoms with Crippen molar-refractivity contribution in [2.45, 2.75) is 44.2 Å². The van der Waals surface area contributed by atoms with Crippen LogP contribution in [0.5, 0.6) is 0 Å². The maximum atomic E-state index is 11.9. The summed E-state index contributed by atoms with van der Waals surface area (Å²) in [6, 6.07) is 0.247. The number of carbonyl (C=O) groups excluding carboxylic acids is 1. The molecule has 2 aliphatic rings. The van der Waals surface area contributed by atoms with Gasteiger partial charge >= 0.3 is 12.0 Å². The molecule has 2 saturated carbocycles. The number of carbonyl (C=O) groups is 2. The first-order chi connectivity index (χ1) is 8.58. The molecule has 2 amide bonds. The molecule has 0 aromatic rings. The average Bonchev–Trinajstić information content (AvgIpc) is 3.16. The minimum absolute atomic E-state index is 0.0447. The molecular formula is C12H20N2O4. The highest BCUT2D eigenvalue weighted by molar-refractivity contribution is 5.75. The monoisotopic (exact) mass is 256 g/mol. The van der Waals surface area contributed by atoms with E-state index in [2.05, 4.69) is 5.32 Å². The molecule has 0 unspecified atom stereocenters. The minimum atomic E-state index is -1.40. The van der Waals surface area contributed by atoms with Crippen LogP contribution in [0.4, 0.5) is 4.79 Å². The fourth-order valence-corrected chi connectivity index (χ4v) is 1.90. The Morgan fingerprint density at radius 1 is 1.28 bits per heavy atom. The Labute approximate surface area is 106 Å². The molecule has 2 rings (SSSR count). The zero-order valence-corrected chi connectivity index (χ0v) is 10.3. The molecule has 0 aromatic heterocycles. The van der Waals surface area contributed by atoms with E-state index in [-0.39, 0.29) is 19.0 Å². The Balaban J connectivity index is 1.69. The largest absolute Gasteiger partial charge is 0.479 e. The summed E-state index contributed by atoms with van der Waals surface area (Å²) in [5, 5.41) is 20.3. The van der Waals surface area contributed by atoms with Gasteiger partial charge in [-0.3, -0.25) is 0 Å². The smallest absolute Gasteiger partial charge is 0.332 e. The number of hydrogen-bond acceptors (Lipinski definition) is 3. The number of amides is 2. The Kier molecular flexibility index (Phi) is 4.06. The normalized spacial score (nSPS) is 20.3. The summed E-state index contributed by atoms with van der Waals surface area (Å²) in [7, 11) is 0. The molecule has 18 heavy (non-hydrogen) atoms. The highest BCUT2D eigenvalue weighted by atomic mass is 16.4. The Morgan fingerprint density at radius 3 is 2.44 bits per heavy atom. The molecule has 0 heterocycles. The van der Waals surface area contributed by atoms with Crippen molar-refractivity contribution in [3.05, 3.63) is 0 Å². The van der Waals surface area contributed by atoms with Gasteiger partial charge < -0.3 is 20.4 Å². The zero-order chi connectivity index (χ0) is 13.1. The third-order valence-corrected chi connectivity index (χ3v) is 3.38. The van der Waals surface area contributed by atoms with E-state index in [9.17, 15) is 9.59 Å². The van der Waals surface area contributed by atoms with Gasteiger partial charge in [0.15, 0.2) is 6.10 Å². The molecule has 0 aliphatic heterocycles. The summed E-state index contributed by atoms with van der Waals surface area (Å²) < 4.78 is 0. The van der Waals surface area contributed by atoms with Gasteiger partial charge in [-0.15, -0.1) is 0 Å². The summed E-state index contributed by atoms with van der Waals surface area (Å²) in [5.41, 5.74) is 0. The molecular weight excluding hydrogens is 236 g/mol. The maximum Gasteiger partial charge on any atom is 0.332 e. The van der Waals surface area contributed by atoms with Crippen LogP contribution in [0.25, 0.3) is 0 Å². The number of aliphatic carboxylic acids is 1. The first-order valence-corrected chi connectivity index (χ1v) is 6.53. The van der Waals surface area contributed by atoms with Crippen molar-refractivity contribution in [1.29, 1.82) is 0 Å². The first kappa shape index (κ1) is 13.1. The molecule has 102 valence electrons. The summed E-state index contributed by atoms with van der Waals surface area (Å²) in [5.74, 6) is -0.595. The number of rotatable bonds is 7. The van der Waals surface area contributed by atoms with Gasteiger partial charge in [-0.2, -0.15) is 0 Å². The number of aliphatic hydroxyl groups is 1. The van der Waals surface area contributed by atoms with Crippen molar-refractivity contribution in [2.75, 3.05) is 13.1 Å². The van der Waals surface area contributed by atoms with Gasteiger partial charge in [0.25, 0.3) is 0 Å². The highest BCUT2D eigenvalue weighted by Gasteiger charge is 2.36. The van der Waals surface area contributed by atoms with Crippen LogP contribution in [0.15, 0.2) is 0 Å². The van der Waals surface area contributed by atoms with E-state index in [0.717, 1.165) is 19.4 Å². The Hall–Kier alpha value is -1.30. The molecule has 2 aliphatic carbocycles. The summed E-state index contributed by atoms with van der Waals surface area (Å²) in [4.78, 5) is 24.2. The van der Waals surface area contributed by atoms with Crippen LogP contribution in [0.3, 0.4) is 0 Å². The third-order valence-electron chi connectivity index (χ3n) is 3.38. The van der Waals surface area contributed by atoms with Gasteiger partial charge in [0.2, 0.25) is 0 Å². The lowest BCUT2D eigenvalue weighted by molar-refractivity contribution is -0.146. The molecule has 1 atom stereocenters. The predicted molar refractivity (Wildman–Crippen MR) is 64.1 cm³/mol. The lowest BCUT2D eigenvalue weighted by Gasteiger charge is -2.22. The number of urea groups is 1. The molecule has 3 N–H and O–H groups in total. The third kappa shape index (κ3) is 3.87. The van der Waals surface area contributed by atoms with Gasteiger partial charge in [-0.05, 0) is 31.6 Å². The highest BCUT2D eigenvalue weighted by Crippen LogP contribution is 2.34. The minimum Gasteiger partial charge on any atom is -0.479 e.